The molecule has 6 heterocycles. The van der Waals surface area contributed by atoms with Crippen molar-refractivity contribution < 1.29 is 59.4 Å². The summed E-state index contributed by atoms with van der Waals surface area (Å²) >= 11 is -4.38. The van der Waals surface area contributed by atoms with Crippen molar-refractivity contribution in [1.82, 2.24) is 0 Å². The van der Waals surface area contributed by atoms with Crippen LogP contribution in [0.15, 0.2) is 0 Å². The summed E-state index contributed by atoms with van der Waals surface area (Å²) in [4.78, 5) is 0. The first-order valence-corrected chi connectivity index (χ1v) is 37.6. The largest absolute Gasteiger partial charge is 0 e. The Bertz CT molecular complexity index is 1110. The fourth-order valence-corrected chi connectivity index (χ4v) is 71.2. The molecule has 4 unspecified atom stereocenters. The van der Waals surface area contributed by atoms with E-state index in [0.29, 0.717) is 8.87 Å². The van der Waals surface area contributed by atoms with Gasteiger partial charge in [0.25, 0.3) is 0 Å². The predicted octanol–water partition coefficient (Wildman–Crippen LogP) is 5.20. The smallest absolute Gasteiger partial charge is 0 e. The van der Waals surface area contributed by atoms with Gasteiger partial charge in [-0.15, -0.1) is 0 Å². The quantitative estimate of drug-likeness (QED) is 0.258. The molecule has 13 nitrogen and oxygen atoms in total. The Morgan fingerprint density at radius 3 is 0.976 bits per heavy atom. The third-order valence-electron chi connectivity index (χ3n) is 6.89. The van der Waals surface area contributed by atoms with Crippen molar-refractivity contribution in [3.8, 4) is 22.9 Å². The van der Waals surface area contributed by atoms with Crippen LogP contribution in [0.25, 0.3) is 0 Å². The monoisotopic (exact) mass is 846 g/mol. The van der Waals surface area contributed by atoms with Gasteiger partial charge in [0.15, 0.2) is 0 Å². The van der Waals surface area contributed by atoms with Crippen LogP contribution < -0.4 is 0 Å². The summed E-state index contributed by atoms with van der Waals surface area (Å²) in [6, 6.07) is 0. The van der Waals surface area contributed by atoms with Gasteiger partial charge in [0, 0.05) is 8.56 Å². The van der Waals surface area contributed by atoms with E-state index in [2.05, 4.69) is 36.8 Å². The minimum absolute atomic E-state index is 0. The topological polar surface area (TPSA) is 120 Å². The van der Waals surface area contributed by atoms with Crippen molar-refractivity contribution in [2.24, 2.45) is 0 Å². The molecule has 0 aromatic rings. The van der Waals surface area contributed by atoms with Gasteiger partial charge in [0.1, 0.15) is 0 Å². The van der Waals surface area contributed by atoms with Gasteiger partial charge in [-0.2, -0.15) is 0 Å². The van der Waals surface area contributed by atoms with Crippen LogP contribution in [-0.4, -0.2) is 89.6 Å². The van der Waals surface area contributed by atoms with Gasteiger partial charge in [-0.1, -0.05) is 0 Å². The van der Waals surface area contributed by atoms with Crippen LogP contribution in [0, 0.1) is 22.9 Å². The first-order valence-electron chi connectivity index (χ1n) is 14.4. The van der Waals surface area contributed by atoms with Crippen LogP contribution in [0.4, 0.5) is 0 Å². The fourth-order valence-electron chi connectivity index (χ4n) is 6.02. The number of fused-ring (bicyclic) bond motifs is 2. The standard InChI is InChI=1S/C12H24O13Si8.2C4H9.Sn.6H2/c1-9-11-32(13)22-28(5)16-26(3)15-27(4)18-30(7,20-28)24-33(14,12-10-2)25-31(8,19-27)21-29(6,17-26)23-32;2*1-3-4-2;;;;;;;/h1-8H3;2*1,3-4H2,2H3;;6*1H/q-2;;;+2;;;;;;. The van der Waals surface area contributed by atoms with E-state index in [-0.39, 0.29) is 8.56 Å². The van der Waals surface area contributed by atoms with Crippen molar-refractivity contribution in [1.29, 1.82) is 0 Å². The molecule has 22 heteroatoms. The first-order chi connectivity index (χ1) is 19.4. The molecule has 4 atom stereocenters. The summed E-state index contributed by atoms with van der Waals surface area (Å²) in [5, 5.41) is 0. The van der Waals surface area contributed by atoms with E-state index in [1.54, 1.807) is 53.1 Å². The SMILES string of the molecule is CC#C[Si]12O[Si]3(C)O[Si]4(C)O[Si]5(C)O[Si](C)(O3)O[Si](C#CC)(O[Si](C)(O5)O[Si](C)(O4)O1)[O][Sn]([CH2]CCC)([CH2]CCC)[O]2.[HH].[HH].[HH].[HH].[HH].[HH]. The third kappa shape index (κ3) is 7.02. The van der Waals surface area contributed by atoms with E-state index in [1.807, 2.05) is 0 Å². The summed E-state index contributed by atoms with van der Waals surface area (Å²) < 4.78 is 91.0. The second-order valence-corrected chi connectivity index (χ2v) is 45.5. The van der Waals surface area contributed by atoms with Gasteiger partial charge in [0.05, 0.1) is 0 Å². The molecule has 0 radical (unpaired) electrons. The normalized spacial score (nSPS) is 49.1. The number of unbranched alkanes of at least 4 members (excludes halogenated alkanes) is 2. The number of rotatable bonds is 6. The van der Waals surface area contributed by atoms with E-state index in [4.69, 9.17) is 50.8 Å². The molecule has 6 aliphatic rings. The zero-order chi connectivity index (χ0) is 30.8. The molecule has 0 amide bonds. The molecule has 6 saturated heterocycles. The summed E-state index contributed by atoms with van der Waals surface area (Å²) in [5.74, 6) is 6.04. The van der Waals surface area contributed by atoms with Crippen molar-refractivity contribution >= 4 is 89.6 Å². The summed E-state index contributed by atoms with van der Waals surface area (Å²) in [5.41, 5.74) is 6.46. The van der Waals surface area contributed by atoms with E-state index in [0.717, 1.165) is 25.7 Å². The second-order valence-electron chi connectivity index (χ2n) is 11.5. The Labute approximate surface area is 272 Å². The zero-order valence-corrected chi connectivity index (χ0v) is 36.9. The third-order valence-corrected chi connectivity index (χ3v) is 57.6. The van der Waals surface area contributed by atoms with Crippen molar-refractivity contribution in [2.75, 3.05) is 0 Å². The first kappa shape index (κ1) is 34.5. The Morgan fingerprint density at radius 1 is 0.476 bits per heavy atom. The minimum Gasteiger partial charge on any atom is 0 e. The van der Waals surface area contributed by atoms with Gasteiger partial charge in [-0.05, 0) is 0 Å². The van der Waals surface area contributed by atoms with Crippen LogP contribution in [-0.2, 0) is 50.8 Å². The predicted molar refractivity (Wildman–Crippen MR) is 180 cm³/mol. The van der Waals surface area contributed by atoms with Crippen LogP contribution in [0.1, 0.15) is 61.9 Å². The Morgan fingerprint density at radius 2 is 0.738 bits per heavy atom. The fraction of sp³-hybridized carbons (Fsp3) is 0.800. The molecular formula is C20H54O13Si8Sn. The van der Waals surface area contributed by atoms with E-state index in [9.17, 15) is 0 Å². The molecule has 0 spiro atoms. The van der Waals surface area contributed by atoms with Crippen LogP contribution in [0.2, 0.25) is 48.2 Å². The average molecular weight is 846 g/mol. The Hall–Kier alpha value is 1.13. The second kappa shape index (κ2) is 11.7. The molecule has 42 heavy (non-hydrogen) atoms. The molecule has 0 aromatic heterocycles. The molecule has 0 N–H and O–H groups in total. The Balaban J connectivity index is 0. The van der Waals surface area contributed by atoms with Gasteiger partial charge < -0.3 is 0 Å². The van der Waals surface area contributed by atoms with E-state index >= 15 is 0 Å². The summed E-state index contributed by atoms with van der Waals surface area (Å²) in [6.07, 6.45) is 3.63. The molecule has 8 bridgehead atoms. The van der Waals surface area contributed by atoms with Gasteiger partial charge in [-0.25, -0.2) is 0 Å². The van der Waals surface area contributed by atoms with Crippen molar-refractivity contribution in [3.05, 3.63) is 0 Å². The van der Waals surface area contributed by atoms with Crippen molar-refractivity contribution in [3.63, 3.8) is 0 Å². The molecule has 6 fully saturated rings. The molecule has 0 aromatic carbocycles. The van der Waals surface area contributed by atoms with E-state index in [1.165, 1.54) is 0 Å². The minimum atomic E-state index is -4.38. The molecular weight excluding hydrogens is 792 g/mol. The molecule has 0 saturated carbocycles. The molecule has 6 aliphatic heterocycles. The van der Waals surface area contributed by atoms with Crippen molar-refractivity contribution in [2.45, 2.75) is 102 Å². The van der Waals surface area contributed by atoms with Crippen LogP contribution in [0.5, 0.6) is 0 Å². The Kier molecular flexibility index (Phi) is 9.58. The van der Waals surface area contributed by atoms with Gasteiger partial charge >= 0.3 is 265 Å². The number of hydrogen-bond acceptors (Lipinski definition) is 13. The van der Waals surface area contributed by atoms with Crippen LogP contribution >= 0.6 is 0 Å². The molecule has 248 valence electrons. The van der Waals surface area contributed by atoms with Gasteiger partial charge in [0.2, 0.25) is 0 Å². The van der Waals surface area contributed by atoms with Gasteiger partial charge in [-0.3, -0.25) is 0 Å². The zero-order valence-electron chi connectivity index (χ0n) is 26.0. The molecule has 0 aliphatic carbocycles. The maximum Gasteiger partial charge on any atom is 0 e. The summed E-state index contributed by atoms with van der Waals surface area (Å²) in [7, 11) is -30.6. The van der Waals surface area contributed by atoms with Crippen LogP contribution in [0.3, 0.4) is 0 Å². The summed E-state index contributed by atoms with van der Waals surface area (Å²) in [6.45, 7) is 18.3. The molecule has 6 rings (SSSR count). The number of hydrogen-bond donors (Lipinski definition) is 0. The maximum atomic E-state index is 7.28. The van der Waals surface area contributed by atoms with E-state index < -0.39 is 89.6 Å². The maximum absolute atomic E-state index is 7.28. The average Bonchev–Trinajstić information content (AvgIpc) is 2.75.